The molecule has 6 heteroatoms. The second-order valence-corrected chi connectivity index (χ2v) is 6.36. The Hall–Kier alpha value is -1.30. The van der Waals surface area contributed by atoms with E-state index >= 15 is 0 Å². The third-order valence-electron chi connectivity index (χ3n) is 3.21. The predicted molar refractivity (Wildman–Crippen MR) is 75.2 cm³/mol. The van der Waals surface area contributed by atoms with Crippen LogP contribution in [0.2, 0.25) is 0 Å². The third kappa shape index (κ3) is 4.67. The average molecular weight is 286 g/mol. The molecule has 116 valence electrons. The molecule has 1 aliphatic heterocycles. The predicted octanol–water partition coefficient (Wildman–Crippen LogP) is 1.27. The van der Waals surface area contributed by atoms with Gasteiger partial charge < -0.3 is 15.2 Å². The normalized spacial score (nSPS) is 24.4. The lowest BCUT2D eigenvalue weighted by atomic mass is 10.1. The molecule has 0 unspecified atom stereocenters. The summed E-state index contributed by atoms with van der Waals surface area (Å²) < 4.78 is 5.28. The van der Waals surface area contributed by atoms with Gasteiger partial charge in [0.25, 0.3) is 0 Å². The van der Waals surface area contributed by atoms with Gasteiger partial charge >= 0.3 is 6.09 Å². The van der Waals surface area contributed by atoms with E-state index in [1.807, 2.05) is 13.8 Å². The number of amides is 2. The van der Waals surface area contributed by atoms with Gasteiger partial charge in [0, 0.05) is 12.5 Å². The Kier molecular flexibility index (Phi) is 5.39. The second-order valence-electron chi connectivity index (χ2n) is 6.36. The summed E-state index contributed by atoms with van der Waals surface area (Å²) in [7, 11) is 0. The summed E-state index contributed by atoms with van der Waals surface area (Å²) in [6, 6.07) is -0.616. The maximum absolute atomic E-state index is 12.2. The van der Waals surface area contributed by atoms with E-state index in [4.69, 9.17) is 4.74 Å². The van der Waals surface area contributed by atoms with Crippen LogP contribution in [0.3, 0.4) is 0 Å². The van der Waals surface area contributed by atoms with Crippen molar-refractivity contribution in [3.05, 3.63) is 0 Å². The van der Waals surface area contributed by atoms with E-state index in [0.29, 0.717) is 0 Å². The fourth-order valence-electron chi connectivity index (χ4n) is 2.03. The van der Waals surface area contributed by atoms with Gasteiger partial charge in [-0.2, -0.15) is 0 Å². The van der Waals surface area contributed by atoms with Gasteiger partial charge in [0.1, 0.15) is 11.6 Å². The van der Waals surface area contributed by atoms with Crippen LogP contribution in [0.1, 0.15) is 47.5 Å². The number of likely N-dealkylation sites (tertiary alicyclic amines) is 1. The molecule has 0 spiro atoms. The van der Waals surface area contributed by atoms with Crippen molar-refractivity contribution in [3.63, 3.8) is 0 Å². The van der Waals surface area contributed by atoms with E-state index in [2.05, 4.69) is 5.32 Å². The zero-order chi connectivity index (χ0) is 15.5. The van der Waals surface area contributed by atoms with Crippen molar-refractivity contribution < 1.29 is 19.4 Å². The van der Waals surface area contributed by atoms with Gasteiger partial charge in [-0.3, -0.25) is 9.69 Å². The number of nitrogens with one attached hydrogen (secondary N) is 1. The minimum absolute atomic E-state index is 0.0423. The van der Waals surface area contributed by atoms with E-state index in [1.54, 1.807) is 20.8 Å². The molecule has 1 rings (SSSR count). The zero-order valence-corrected chi connectivity index (χ0v) is 13.0. The Morgan fingerprint density at radius 1 is 1.45 bits per heavy atom. The quantitative estimate of drug-likeness (QED) is 0.819. The lowest BCUT2D eigenvalue weighted by Crippen LogP contribution is -2.49. The fourth-order valence-corrected chi connectivity index (χ4v) is 2.03. The summed E-state index contributed by atoms with van der Waals surface area (Å²) in [5.41, 5.74) is -0.623. The van der Waals surface area contributed by atoms with Crippen molar-refractivity contribution >= 4 is 12.0 Å². The molecule has 20 heavy (non-hydrogen) atoms. The number of hydrogen-bond acceptors (Lipinski definition) is 4. The Morgan fingerprint density at radius 2 is 2.05 bits per heavy atom. The number of ether oxygens (including phenoxy) is 1. The Labute approximate surface area is 120 Å². The molecule has 1 aliphatic rings. The van der Waals surface area contributed by atoms with E-state index in [1.165, 1.54) is 4.90 Å². The molecule has 1 fully saturated rings. The van der Waals surface area contributed by atoms with Crippen molar-refractivity contribution in [2.24, 2.45) is 0 Å². The third-order valence-corrected chi connectivity index (χ3v) is 3.21. The molecular weight excluding hydrogens is 260 g/mol. The molecule has 2 N–H and O–H groups in total. The SMILES string of the molecule is CC[C@@H](C)NC(=O)[C@@H]1C[C@@H](O)CN1C(=O)OC(C)(C)C. The van der Waals surface area contributed by atoms with Crippen LogP contribution in [0.15, 0.2) is 0 Å². The zero-order valence-electron chi connectivity index (χ0n) is 13.0. The summed E-state index contributed by atoms with van der Waals surface area (Å²) in [6.07, 6.45) is -0.178. The summed E-state index contributed by atoms with van der Waals surface area (Å²) in [4.78, 5) is 25.6. The largest absolute Gasteiger partial charge is 0.444 e. The van der Waals surface area contributed by atoms with E-state index < -0.39 is 23.8 Å². The maximum atomic E-state index is 12.2. The van der Waals surface area contributed by atoms with Crippen molar-refractivity contribution in [2.45, 2.75) is 71.2 Å². The van der Waals surface area contributed by atoms with Crippen molar-refractivity contribution in [1.29, 1.82) is 0 Å². The minimum Gasteiger partial charge on any atom is -0.444 e. The Balaban J connectivity index is 2.73. The van der Waals surface area contributed by atoms with Gasteiger partial charge in [0.2, 0.25) is 5.91 Å². The first-order valence-corrected chi connectivity index (χ1v) is 7.12. The van der Waals surface area contributed by atoms with Gasteiger partial charge in [-0.05, 0) is 34.1 Å². The molecule has 1 heterocycles. The van der Waals surface area contributed by atoms with Crippen LogP contribution in [0.25, 0.3) is 0 Å². The minimum atomic E-state index is -0.685. The standard InChI is InChI=1S/C14H26N2O4/c1-6-9(2)15-12(18)11-7-10(17)8-16(11)13(19)20-14(3,4)5/h9-11,17H,6-8H2,1-5H3,(H,15,18)/t9-,10-,11+/m1/s1. The highest BCUT2D eigenvalue weighted by Crippen LogP contribution is 2.21. The lowest BCUT2D eigenvalue weighted by molar-refractivity contribution is -0.126. The van der Waals surface area contributed by atoms with Crippen LogP contribution in [0.4, 0.5) is 4.79 Å². The molecule has 0 aliphatic carbocycles. The summed E-state index contributed by atoms with van der Waals surface area (Å²) in [5.74, 6) is -0.234. The molecule has 0 bridgehead atoms. The number of hydrogen-bond donors (Lipinski definition) is 2. The molecule has 0 radical (unpaired) electrons. The summed E-state index contributed by atoms with van der Waals surface area (Å²) >= 11 is 0. The van der Waals surface area contributed by atoms with Gasteiger partial charge in [-0.15, -0.1) is 0 Å². The van der Waals surface area contributed by atoms with Crippen LogP contribution in [-0.4, -0.2) is 52.3 Å². The molecule has 3 atom stereocenters. The molecular formula is C14H26N2O4. The average Bonchev–Trinajstić information content (AvgIpc) is 2.69. The number of rotatable bonds is 3. The number of aliphatic hydroxyl groups excluding tert-OH is 1. The van der Waals surface area contributed by atoms with Crippen LogP contribution >= 0.6 is 0 Å². The maximum Gasteiger partial charge on any atom is 0.411 e. The van der Waals surface area contributed by atoms with Gasteiger partial charge in [-0.1, -0.05) is 6.92 Å². The number of nitrogens with zero attached hydrogens (tertiary/aromatic N) is 1. The van der Waals surface area contributed by atoms with Gasteiger partial charge in [-0.25, -0.2) is 4.79 Å². The van der Waals surface area contributed by atoms with Crippen LogP contribution in [0, 0.1) is 0 Å². The fraction of sp³-hybridized carbons (Fsp3) is 0.857. The number of carbonyl (C=O) groups excluding carboxylic acids is 2. The molecule has 1 saturated heterocycles. The van der Waals surface area contributed by atoms with Crippen molar-refractivity contribution in [3.8, 4) is 0 Å². The smallest absolute Gasteiger partial charge is 0.411 e. The van der Waals surface area contributed by atoms with Crippen molar-refractivity contribution in [2.75, 3.05) is 6.54 Å². The van der Waals surface area contributed by atoms with Crippen LogP contribution in [-0.2, 0) is 9.53 Å². The second kappa shape index (κ2) is 6.43. The molecule has 0 aromatic heterocycles. The van der Waals surface area contributed by atoms with Gasteiger partial charge in [0.05, 0.1) is 12.6 Å². The van der Waals surface area contributed by atoms with Crippen LogP contribution in [0.5, 0.6) is 0 Å². The number of β-amino-alcohol motifs (C(OH)–C–C–N with tert-alkyl or cyclic N) is 1. The molecule has 0 saturated carbocycles. The number of aliphatic hydroxyl groups is 1. The monoisotopic (exact) mass is 286 g/mol. The van der Waals surface area contributed by atoms with E-state index in [-0.39, 0.29) is 24.9 Å². The molecule has 0 aromatic rings. The van der Waals surface area contributed by atoms with E-state index in [9.17, 15) is 14.7 Å². The summed E-state index contributed by atoms with van der Waals surface area (Å²) in [5, 5.41) is 12.6. The number of carbonyl (C=O) groups is 2. The lowest BCUT2D eigenvalue weighted by Gasteiger charge is -2.28. The summed E-state index contributed by atoms with van der Waals surface area (Å²) in [6.45, 7) is 9.32. The van der Waals surface area contributed by atoms with Gasteiger partial charge in [0.15, 0.2) is 0 Å². The van der Waals surface area contributed by atoms with E-state index in [0.717, 1.165) is 6.42 Å². The topological polar surface area (TPSA) is 78.9 Å². The highest BCUT2D eigenvalue weighted by atomic mass is 16.6. The first kappa shape index (κ1) is 16.8. The Morgan fingerprint density at radius 3 is 2.55 bits per heavy atom. The highest BCUT2D eigenvalue weighted by molar-refractivity contribution is 5.86. The highest BCUT2D eigenvalue weighted by Gasteiger charge is 2.40. The first-order valence-electron chi connectivity index (χ1n) is 7.12. The molecule has 2 amide bonds. The van der Waals surface area contributed by atoms with Crippen LogP contribution < -0.4 is 5.32 Å². The van der Waals surface area contributed by atoms with Crippen molar-refractivity contribution in [1.82, 2.24) is 10.2 Å². The molecule has 0 aromatic carbocycles. The molecule has 6 nitrogen and oxygen atoms in total. The Bertz CT molecular complexity index is 365. The first-order chi connectivity index (χ1) is 9.14.